The number of halogens is 3. The van der Waals surface area contributed by atoms with Crippen LogP contribution in [0.15, 0.2) is 12.1 Å². The number of alkyl halides is 1. The Bertz CT molecular complexity index is 534. The molecule has 1 aliphatic rings. The van der Waals surface area contributed by atoms with Crippen LogP contribution in [0.4, 0.5) is 18.0 Å². The Labute approximate surface area is 108 Å². The number of carboxylic acid groups (broad SMARTS) is 1. The zero-order valence-electron chi connectivity index (χ0n) is 10.7. The topological polar surface area (TPSA) is 60.8 Å². The van der Waals surface area contributed by atoms with Gasteiger partial charge in [-0.15, -0.1) is 0 Å². The van der Waals surface area contributed by atoms with Crippen molar-refractivity contribution in [3.63, 3.8) is 0 Å². The number of hydrogen-bond acceptors (Lipinski definition) is 2. The Hall–Kier alpha value is -1.92. The van der Waals surface area contributed by atoms with Crippen LogP contribution in [0.25, 0.3) is 0 Å². The standard InChI is InChI=1S/C12H12F3NO3/c13-8-5-7(6-9(14)10(8)17)12(15)1-3-16(4-2-12)11(18)19/h5-6,17H,1-4H2,(H,18,19)/i3D. The zero-order valence-corrected chi connectivity index (χ0v) is 9.74. The number of likely N-dealkylation sites (tertiary alicyclic amines) is 1. The van der Waals surface area contributed by atoms with Gasteiger partial charge in [0.25, 0.3) is 0 Å². The summed E-state index contributed by atoms with van der Waals surface area (Å²) in [6, 6.07) is 1.34. The summed E-state index contributed by atoms with van der Waals surface area (Å²) >= 11 is 0. The van der Waals surface area contributed by atoms with Crippen molar-refractivity contribution in [1.82, 2.24) is 4.90 Å². The van der Waals surface area contributed by atoms with Gasteiger partial charge in [0.05, 0.1) is 0 Å². The first-order valence-electron chi connectivity index (χ1n) is 6.11. The van der Waals surface area contributed by atoms with Crippen LogP contribution >= 0.6 is 0 Å². The van der Waals surface area contributed by atoms with Crippen molar-refractivity contribution in [2.24, 2.45) is 0 Å². The monoisotopic (exact) mass is 276 g/mol. The summed E-state index contributed by atoms with van der Waals surface area (Å²) in [5.41, 5.74) is -2.54. The van der Waals surface area contributed by atoms with Crippen LogP contribution in [0, 0.1) is 11.6 Å². The summed E-state index contributed by atoms with van der Waals surface area (Å²) < 4.78 is 48.8. The largest absolute Gasteiger partial charge is 0.503 e. The summed E-state index contributed by atoms with van der Waals surface area (Å²) in [5, 5.41) is 17.8. The smallest absolute Gasteiger partial charge is 0.407 e. The number of aromatic hydroxyl groups is 1. The second-order valence-corrected chi connectivity index (χ2v) is 4.37. The van der Waals surface area contributed by atoms with Gasteiger partial charge in [-0.25, -0.2) is 18.0 Å². The van der Waals surface area contributed by atoms with Gasteiger partial charge in [0, 0.05) is 27.3 Å². The molecule has 0 saturated carbocycles. The van der Waals surface area contributed by atoms with Gasteiger partial charge in [0.15, 0.2) is 17.4 Å². The Morgan fingerprint density at radius 3 is 2.42 bits per heavy atom. The number of phenolic OH excluding ortho intramolecular Hbond substituents is 1. The third-order valence-corrected chi connectivity index (χ3v) is 3.16. The molecule has 1 saturated heterocycles. The van der Waals surface area contributed by atoms with E-state index in [1.54, 1.807) is 0 Å². The number of amides is 1. The number of nitrogens with zero attached hydrogens (tertiary/aromatic N) is 1. The van der Waals surface area contributed by atoms with Crippen LogP contribution in [0.5, 0.6) is 5.75 Å². The minimum Gasteiger partial charge on any atom is -0.503 e. The molecule has 1 aromatic rings. The summed E-state index contributed by atoms with van der Waals surface area (Å²) in [6.45, 7) is -1.60. The molecule has 1 heterocycles. The highest BCUT2D eigenvalue weighted by Gasteiger charge is 2.38. The number of carbonyl (C=O) groups is 1. The predicted molar refractivity (Wildman–Crippen MR) is 59.6 cm³/mol. The fraction of sp³-hybridized carbons (Fsp3) is 0.417. The van der Waals surface area contributed by atoms with Crippen LogP contribution in [-0.2, 0) is 5.67 Å². The van der Waals surface area contributed by atoms with E-state index in [0.29, 0.717) is 12.1 Å². The maximum Gasteiger partial charge on any atom is 0.407 e. The lowest BCUT2D eigenvalue weighted by molar-refractivity contribution is 0.0546. The molecule has 0 radical (unpaired) electrons. The molecule has 1 aliphatic heterocycles. The van der Waals surface area contributed by atoms with E-state index in [9.17, 15) is 18.0 Å². The third-order valence-electron chi connectivity index (χ3n) is 3.16. The molecule has 0 spiro atoms. The minimum absolute atomic E-state index is 0.246. The molecule has 2 N–H and O–H groups in total. The van der Waals surface area contributed by atoms with Gasteiger partial charge in [-0.2, -0.15) is 0 Å². The number of hydrogen-bond donors (Lipinski definition) is 2. The first kappa shape index (κ1) is 12.1. The van der Waals surface area contributed by atoms with Crippen molar-refractivity contribution >= 4 is 6.09 Å². The first-order valence-corrected chi connectivity index (χ1v) is 5.54. The van der Waals surface area contributed by atoms with E-state index in [2.05, 4.69) is 0 Å². The second kappa shape index (κ2) is 4.64. The minimum atomic E-state index is -2.20. The molecule has 1 aromatic carbocycles. The average molecular weight is 276 g/mol. The summed E-state index contributed by atoms with van der Waals surface area (Å²) in [6.07, 6.45) is -2.17. The van der Waals surface area contributed by atoms with Gasteiger partial charge in [-0.3, -0.25) is 0 Å². The molecule has 0 bridgehead atoms. The van der Waals surface area contributed by atoms with Crippen molar-refractivity contribution < 1.29 is 29.5 Å². The van der Waals surface area contributed by atoms with Crippen LogP contribution < -0.4 is 0 Å². The lowest BCUT2D eigenvalue weighted by atomic mass is 9.86. The Morgan fingerprint density at radius 2 is 1.95 bits per heavy atom. The van der Waals surface area contributed by atoms with Crippen molar-refractivity contribution in [2.75, 3.05) is 13.1 Å². The van der Waals surface area contributed by atoms with E-state index in [4.69, 9.17) is 11.6 Å². The highest BCUT2D eigenvalue weighted by Crippen LogP contribution is 2.39. The van der Waals surface area contributed by atoms with E-state index in [-0.39, 0.29) is 18.5 Å². The van der Waals surface area contributed by atoms with Crippen LogP contribution in [0.2, 0.25) is 0 Å². The number of piperidine rings is 1. The third kappa shape index (κ3) is 2.45. The molecule has 1 fully saturated rings. The molecule has 104 valence electrons. The summed E-state index contributed by atoms with van der Waals surface area (Å²) in [7, 11) is 0. The Morgan fingerprint density at radius 1 is 1.37 bits per heavy atom. The van der Waals surface area contributed by atoms with Crippen LogP contribution in [-0.4, -0.2) is 34.3 Å². The average Bonchev–Trinajstić information content (AvgIpc) is 2.34. The van der Waals surface area contributed by atoms with Crippen LogP contribution in [0.3, 0.4) is 0 Å². The van der Waals surface area contributed by atoms with Gasteiger partial charge in [-0.1, -0.05) is 0 Å². The Kier molecular flexibility index (Phi) is 2.96. The number of rotatable bonds is 1. The van der Waals surface area contributed by atoms with Gasteiger partial charge >= 0.3 is 6.09 Å². The lowest BCUT2D eigenvalue weighted by Crippen LogP contribution is -2.42. The van der Waals surface area contributed by atoms with Gasteiger partial charge < -0.3 is 15.1 Å². The quantitative estimate of drug-likeness (QED) is 0.828. The van der Waals surface area contributed by atoms with Gasteiger partial charge in [0.1, 0.15) is 5.67 Å². The van der Waals surface area contributed by atoms with Crippen LogP contribution in [0.1, 0.15) is 19.8 Å². The van der Waals surface area contributed by atoms with E-state index < -0.39 is 42.1 Å². The van der Waals surface area contributed by atoms with Crippen molar-refractivity contribution in [2.45, 2.75) is 18.5 Å². The van der Waals surface area contributed by atoms with E-state index in [1.807, 2.05) is 0 Å². The fourth-order valence-corrected chi connectivity index (χ4v) is 2.01. The molecule has 2 atom stereocenters. The van der Waals surface area contributed by atoms with Crippen molar-refractivity contribution in [3.05, 3.63) is 29.3 Å². The lowest BCUT2D eigenvalue weighted by Gasteiger charge is -2.35. The van der Waals surface area contributed by atoms with Crippen molar-refractivity contribution in [3.8, 4) is 5.75 Å². The van der Waals surface area contributed by atoms with Gasteiger partial charge in [0.2, 0.25) is 0 Å². The van der Waals surface area contributed by atoms with E-state index in [1.165, 1.54) is 0 Å². The maximum absolute atomic E-state index is 14.7. The molecule has 2 unspecified atom stereocenters. The molecule has 1 amide bonds. The van der Waals surface area contributed by atoms with Crippen molar-refractivity contribution in [1.29, 1.82) is 0 Å². The Balaban J connectivity index is 2.31. The second-order valence-electron chi connectivity index (χ2n) is 4.37. The molecule has 0 aromatic heterocycles. The number of benzene rings is 1. The molecule has 4 nitrogen and oxygen atoms in total. The number of phenols is 1. The SMILES string of the molecule is [2H]C1CC(F)(c2cc(F)c(O)c(F)c2)CCN1C(=O)O. The molecular formula is C12H12F3NO3. The summed E-state index contributed by atoms with van der Waals surface area (Å²) in [5.74, 6) is -3.78. The van der Waals surface area contributed by atoms with E-state index >= 15 is 0 Å². The highest BCUT2D eigenvalue weighted by molar-refractivity contribution is 5.65. The molecule has 7 heteroatoms. The van der Waals surface area contributed by atoms with Gasteiger partial charge in [-0.05, 0) is 17.7 Å². The molecule has 19 heavy (non-hydrogen) atoms. The predicted octanol–water partition coefficient (Wildman–Crippen LogP) is 2.61. The summed E-state index contributed by atoms with van der Waals surface area (Å²) in [4.78, 5) is 11.6. The zero-order chi connectivity index (χ0) is 15.1. The maximum atomic E-state index is 14.7. The molecule has 0 aliphatic carbocycles. The highest BCUT2D eigenvalue weighted by atomic mass is 19.1. The molecule has 2 rings (SSSR count). The van der Waals surface area contributed by atoms with E-state index in [0.717, 1.165) is 4.90 Å². The first-order chi connectivity index (χ1) is 9.24. The molecular weight excluding hydrogens is 263 g/mol. The fourth-order valence-electron chi connectivity index (χ4n) is 2.01. The normalized spacial score (nSPS) is 28.1.